The van der Waals surface area contributed by atoms with Crippen LogP contribution < -0.4 is 5.32 Å². The monoisotopic (exact) mass is 245 g/mol. The highest BCUT2D eigenvalue weighted by molar-refractivity contribution is 7.12. The standard InChI is InChI=1S/C14H15NOS/c1-11-4-6-12(7-5-11)8-9-15-14(16)13-3-2-10-17-13/h2-7,10H,8-9H2,1H3,(H,15,16). The molecule has 0 aliphatic carbocycles. The summed E-state index contributed by atoms with van der Waals surface area (Å²) in [7, 11) is 0. The van der Waals surface area contributed by atoms with Crippen molar-refractivity contribution in [2.45, 2.75) is 13.3 Å². The van der Waals surface area contributed by atoms with Gasteiger partial charge in [-0.3, -0.25) is 4.79 Å². The fourth-order valence-corrected chi connectivity index (χ4v) is 2.21. The molecule has 1 amide bonds. The molecule has 0 aliphatic heterocycles. The molecule has 1 N–H and O–H groups in total. The minimum Gasteiger partial charge on any atom is -0.351 e. The number of hydrogen-bond acceptors (Lipinski definition) is 2. The Labute approximate surface area is 105 Å². The average molecular weight is 245 g/mol. The van der Waals surface area contributed by atoms with Crippen LogP contribution in [0.1, 0.15) is 20.8 Å². The summed E-state index contributed by atoms with van der Waals surface area (Å²) in [5.41, 5.74) is 2.51. The Bertz CT molecular complexity index is 473. The molecule has 0 unspecified atom stereocenters. The first-order valence-electron chi connectivity index (χ1n) is 5.63. The number of rotatable bonds is 4. The van der Waals surface area contributed by atoms with Gasteiger partial charge in [-0.2, -0.15) is 0 Å². The van der Waals surface area contributed by atoms with Gasteiger partial charge in [-0.05, 0) is 30.4 Å². The van der Waals surface area contributed by atoms with Gasteiger partial charge in [0, 0.05) is 6.54 Å². The lowest BCUT2D eigenvalue weighted by Crippen LogP contribution is -2.24. The van der Waals surface area contributed by atoms with E-state index in [1.54, 1.807) is 0 Å². The van der Waals surface area contributed by atoms with Gasteiger partial charge in [-0.25, -0.2) is 0 Å². The van der Waals surface area contributed by atoms with Gasteiger partial charge in [0.1, 0.15) is 0 Å². The maximum atomic E-state index is 11.6. The first-order chi connectivity index (χ1) is 8.25. The molecular weight excluding hydrogens is 230 g/mol. The Hall–Kier alpha value is -1.61. The minimum atomic E-state index is 0.0205. The molecule has 0 radical (unpaired) electrons. The van der Waals surface area contributed by atoms with E-state index in [2.05, 4.69) is 36.5 Å². The predicted octanol–water partition coefficient (Wildman–Crippen LogP) is 3.03. The highest BCUT2D eigenvalue weighted by Gasteiger charge is 2.04. The molecule has 0 saturated carbocycles. The van der Waals surface area contributed by atoms with E-state index in [0.717, 1.165) is 11.3 Å². The van der Waals surface area contributed by atoms with Crippen LogP contribution in [0, 0.1) is 6.92 Å². The summed E-state index contributed by atoms with van der Waals surface area (Å²) in [6.45, 7) is 2.75. The molecule has 0 aliphatic rings. The predicted molar refractivity (Wildman–Crippen MR) is 71.5 cm³/mol. The van der Waals surface area contributed by atoms with E-state index in [-0.39, 0.29) is 5.91 Å². The van der Waals surface area contributed by atoms with Gasteiger partial charge in [0.15, 0.2) is 0 Å². The number of amides is 1. The molecule has 1 heterocycles. The Morgan fingerprint density at radius 1 is 1.24 bits per heavy atom. The van der Waals surface area contributed by atoms with Crippen molar-refractivity contribution in [2.75, 3.05) is 6.54 Å². The smallest absolute Gasteiger partial charge is 0.261 e. The number of hydrogen-bond donors (Lipinski definition) is 1. The maximum absolute atomic E-state index is 11.6. The van der Waals surface area contributed by atoms with E-state index in [0.29, 0.717) is 6.54 Å². The Morgan fingerprint density at radius 2 is 2.00 bits per heavy atom. The van der Waals surface area contributed by atoms with Crippen LogP contribution in [0.15, 0.2) is 41.8 Å². The van der Waals surface area contributed by atoms with Crippen LogP contribution in [0.2, 0.25) is 0 Å². The number of carbonyl (C=O) groups is 1. The average Bonchev–Trinajstić information content (AvgIpc) is 2.85. The molecule has 1 aromatic carbocycles. The third-order valence-electron chi connectivity index (χ3n) is 2.56. The van der Waals surface area contributed by atoms with E-state index in [9.17, 15) is 4.79 Å². The quantitative estimate of drug-likeness (QED) is 0.881. The largest absolute Gasteiger partial charge is 0.351 e. The second-order valence-electron chi connectivity index (χ2n) is 3.97. The molecule has 1 aromatic heterocycles. The fourth-order valence-electron chi connectivity index (χ4n) is 1.57. The number of benzene rings is 1. The molecule has 0 bridgehead atoms. The van der Waals surface area contributed by atoms with Crippen molar-refractivity contribution in [3.63, 3.8) is 0 Å². The third-order valence-corrected chi connectivity index (χ3v) is 3.43. The zero-order valence-corrected chi connectivity index (χ0v) is 10.6. The molecular formula is C14H15NOS. The molecule has 88 valence electrons. The summed E-state index contributed by atoms with van der Waals surface area (Å²) in [5.74, 6) is 0.0205. The highest BCUT2D eigenvalue weighted by Crippen LogP contribution is 2.08. The van der Waals surface area contributed by atoms with Gasteiger partial charge in [0.25, 0.3) is 5.91 Å². The van der Waals surface area contributed by atoms with Crippen molar-refractivity contribution in [3.8, 4) is 0 Å². The highest BCUT2D eigenvalue weighted by atomic mass is 32.1. The summed E-state index contributed by atoms with van der Waals surface area (Å²) in [6.07, 6.45) is 0.872. The zero-order valence-electron chi connectivity index (χ0n) is 9.77. The van der Waals surface area contributed by atoms with E-state index in [1.807, 2.05) is 17.5 Å². The normalized spacial score (nSPS) is 10.2. The van der Waals surface area contributed by atoms with Crippen LogP contribution in [-0.2, 0) is 6.42 Å². The van der Waals surface area contributed by atoms with Gasteiger partial charge in [-0.15, -0.1) is 11.3 Å². The van der Waals surface area contributed by atoms with Gasteiger partial charge >= 0.3 is 0 Å². The Balaban J connectivity index is 1.80. The molecule has 2 rings (SSSR count). The molecule has 2 nitrogen and oxygen atoms in total. The lowest BCUT2D eigenvalue weighted by Gasteiger charge is -2.04. The topological polar surface area (TPSA) is 29.1 Å². The van der Waals surface area contributed by atoms with Crippen LogP contribution >= 0.6 is 11.3 Å². The summed E-state index contributed by atoms with van der Waals surface area (Å²) < 4.78 is 0. The number of aryl methyl sites for hydroxylation is 1. The second-order valence-corrected chi connectivity index (χ2v) is 4.92. The van der Waals surface area contributed by atoms with Crippen LogP contribution in [0.25, 0.3) is 0 Å². The number of thiophene rings is 1. The molecule has 2 aromatic rings. The van der Waals surface area contributed by atoms with Crippen LogP contribution in [0.4, 0.5) is 0 Å². The maximum Gasteiger partial charge on any atom is 0.261 e. The zero-order chi connectivity index (χ0) is 12.1. The van der Waals surface area contributed by atoms with Crippen LogP contribution in [0.3, 0.4) is 0 Å². The number of carbonyl (C=O) groups excluding carboxylic acids is 1. The van der Waals surface area contributed by atoms with Crippen LogP contribution in [-0.4, -0.2) is 12.5 Å². The van der Waals surface area contributed by atoms with Gasteiger partial charge in [0.05, 0.1) is 4.88 Å². The lowest BCUT2D eigenvalue weighted by atomic mass is 10.1. The first kappa shape index (κ1) is 11.9. The van der Waals surface area contributed by atoms with Gasteiger partial charge in [-0.1, -0.05) is 35.9 Å². The third kappa shape index (κ3) is 3.43. The van der Waals surface area contributed by atoms with E-state index >= 15 is 0 Å². The van der Waals surface area contributed by atoms with Gasteiger partial charge in [0.2, 0.25) is 0 Å². The van der Waals surface area contributed by atoms with Crippen molar-refractivity contribution < 1.29 is 4.79 Å². The van der Waals surface area contributed by atoms with E-state index in [1.165, 1.54) is 22.5 Å². The molecule has 0 atom stereocenters. The summed E-state index contributed by atoms with van der Waals surface area (Å²) in [4.78, 5) is 12.4. The Morgan fingerprint density at radius 3 is 2.65 bits per heavy atom. The fraction of sp³-hybridized carbons (Fsp3) is 0.214. The Kier molecular flexibility index (Phi) is 3.94. The molecule has 3 heteroatoms. The van der Waals surface area contributed by atoms with Crippen molar-refractivity contribution in [2.24, 2.45) is 0 Å². The summed E-state index contributed by atoms with van der Waals surface area (Å²) in [5, 5.41) is 4.83. The SMILES string of the molecule is Cc1ccc(CCNC(=O)c2cccs2)cc1. The molecule has 17 heavy (non-hydrogen) atoms. The van der Waals surface area contributed by atoms with Crippen molar-refractivity contribution in [1.29, 1.82) is 0 Å². The summed E-state index contributed by atoms with van der Waals surface area (Å²) >= 11 is 1.47. The van der Waals surface area contributed by atoms with E-state index < -0.39 is 0 Å². The van der Waals surface area contributed by atoms with Crippen molar-refractivity contribution in [1.82, 2.24) is 5.32 Å². The second kappa shape index (κ2) is 5.64. The number of nitrogens with one attached hydrogen (secondary N) is 1. The van der Waals surface area contributed by atoms with E-state index in [4.69, 9.17) is 0 Å². The molecule has 0 saturated heterocycles. The summed E-state index contributed by atoms with van der Waals surface area (Å²) in [6, 6.07) is 12.1. The first-order valence-corrected chi connectivity index (χ1v) is 6.51. The molecule has 0 fully saturated rings. The van der Waals surface area contributed by atoms with Gasteiger partial charge < -0.3 is 5.32 Å². The van der Waals surface area contributed by atoms with Crippen molar-refractivity contribution >= 4 is 17.2 Å². The minimum absolute atomic E-state index is 0.0205. The molecule has 0 spiro atoms. The van der Waals surface area contributed by atoms with Crippen LogP contribution in [0.5, 0.6) is 0 Å². The van der Waals surface area contributed by atoms with Crippen molar-refractivity contribution in [3.05, 3.63) is 57.8 Å². The lowest BCUT2D eigenvalue weighted by molar-refractivity contribution is 0.0958.